The number of alkyl carbamates (subject to hydrolysis) is 1. The normalized spacial score (nSPS) is 10.9. The van der Waals surface area contributed by atoms with Crippen molar-refractivity contribution >= 4 is 11.8 Å². The third-order valence-corrected chi connectivity index (χ3v) is 2.55. The van der Waals surface area contributed by atoms with Gasteiger partial charge in [0.15, 0.2) is 0 Å². The van der Waals surface area contributed by atoms with Crippen molar-refractivity contribution in [1.29, 1.82) is 0 Å². The van der Waals surface area contributed by atoms with Crippen molar-refractivity contribution < 1.29 is 9.53 Å². The van der Waals surface area contributed by atoms with Crippen LogP contribution in [0.2, 0.25) is 0 Å². The number of hydrogen-bond donors (Lipinski definition) is 1. The third kappa shape index (κ3) is 6.13. The number of nitrogens with one attached hydrogen (secondary N) is 1. The number of benzene rings is 1. The second-order valence-electron chi connectivity index (χ2n) is 5.34. The average Bonchev–Trinajstić information content (AvgIpc) is 2.33. The molecule has 4 heteroatoms. The summed E-state index contributed by atoms with van der Waals surface area (Å²) in [5, 5.41) is 2.77. The first-order valence-corrected chi connectivity index (χ1v) is 6.69. The van der Waals surface area contributed by atoms with Crippen molar-refractivity contribution in [3.8, 4) is 0 Å². The second-order valence-corrected chi connectivity index (χ2v) is 5.34. The van der Waals surface area contributed by atoms with Crippen LogP contribution in [-0.4, -0.2) is 31.3 Å². The molecule has 0 aliphatic heterocycles. The molecule has 0 heterocycles. The molecule has 0 aliphatic carbocycles. The molecule has 0 saturated carbocycles. The van der Waals surface area contributed by atoms with Crippen LogP contribution in [0.5, 0.6) is 0 Å². The van der Waals surface area contributed by atoms with E-state index in [1.807, 2.05) is 39.0 Å². The molecule has 0 saturated heterocycles. The molecule has 0 radical (unpaired) electrons. The molecule has 4 nitrogen and oxygen atoms in total. The lowest BCUT2D eigenvalue weighted by molar-refractivity contribution is 0.0529. The molecule has 1 N–H and O–H groups in total. The molecular formula is C15H24N2O2. The number of likely N-dealkylation sites (N-methyl/N-ethyl adjacent to an activating group) is 1. The monoisotopic (exact) mass is 264 g/mol. The van der Waals surface area contributed by atoms with Crippen molar-refractivity contribution in [3.63, 3.8) is 0 Å². The average molecular weight is 264 g/mol. The number of carbonyl (C=O) groups is 1. The van der Waals surface area contributed by atoms with Crippen LogP contribution in [0.1, 0.15) is 27.7 Å². The SMILES string of the molecule is CCN(CCNC(=O)OC(C)(C)C)c1ccccc1. The summed E-state index contributed by atoms with van der Waals surface area (Å²) in [5.41, 5.74) is 0.713. The van der Waals surface area contributed by atoms with Gasteiger partial charge in [-0.2, -0.15) is 0 Å². The Hall–Kier alpha value is -1.71. The first kappa shape index (κ1) is 15.3. The lowest BCUT2D eigenvalue weighted by atomic mass is 10.2. The predicted octanol–water partition coefficient (Wildman–Crippen LogP) is 3.04. The molecule has 19 heavy (non-hydrogen) atoms. The van der Waals surface area contributed by atoms with Crippen LogP contribution in [0.4, 0.5) is 10.5 Å². The number of anilines is 1. The highest BCUT2D eigenvalue weighted by atomic mass is 16.6. The number of nitrogens with zero attached hydrogens (tertiary/aromatic N) is 1. The lowest BCUT2D eigenvalue weighted by Gasteiger charge is -2.24. The highest BCUT2D eigenvalue weighted by molar-refractivity contribution is 5.67. The van der Waals surface area contributed by atoms with Crippen molar-refractivity contribution in [3.05, 3.63) is 30.3 Å². The molecule has 0 aliphatic rings. The van der Waals surface area contributed by atoms with Gasteiger partial charge in [-0.15, -0.1) is 0 Å². The quantitative estimate of drug-likeness (QED) is 0.888. The van der Waals surface area contributed by atoms with Crippen LogP contribution in [0.25, 0.3) is 0 Å². The number of rotatable bonds is 5. The van der Waals surface area contributed by atoms with E-state index in [2.05, 4.69) is 29.3 Å². The van der Waals surface area contributed by atoms with Crippen LogP contribution in [0.15, 0.2) is 30.3 Å². The molecule has 0 atom stereocenters. The molecule has 0 spiro atoms. The topological polar surface area (TPSA) is 41.6 Å². The molecule has 106 valence electrons. The van der Waals surface area contributed by atoms with E-state index in [-0.39, 0.29) is 6.09 Å². The third-order valence-electron chi connectivity index (χ3n) is 2.55. The van der Waals surface area contributed by atoms with E-state index in [0.717, 1.165) is 18.8 Å². The number of carbonyl (C=O) groups excluding carboxylic acids is 1. The minimum absolute atomic E-state index is 0.364. The number of ether oxygens (including phenoxy) is 1. The van der Waals surface area contributed by atoms with E-state index in [4.69, 9.17) is 4.74 Å². The van der Waals surface area contributed by atoms with E-state index in [0.29, 0.717) is 6.54 Å². The van der Waals surface area contributed by atoms with E-state index in [1.54, 1.807) is 0 Å². The summed E-state index contributed by atoms with van der Waals surface area (Å²) in [6.45, 7) is 9.90. The largest absolute Gasteiger partial charge is 0.444 e. The maximum absolute atomic E-state index is 11.5. The Labute approximate surface area is 115 Å². The van der Waals surface area contributed by atoms with Gasteiger partial charge >= 0.3 is 6.09 Å². The minimum atomic E-state index is -0.450. The van der Waals surface area contributed by atoms with Crippen LogP contribution in [0.3, 0.4) is 0 Å². The minimum Gasteiger partial charge on any atom is -0.444 e. The summed E-state index contributed by atoms with van der Waals surface area (Å²) in [6, 6.07) is 10.2. The van der Waals surface area contributed by atoms with Crippen molar-refractivity contribution in [2.45, 2.75) is 33.3 Å². The smallest absolute Gasteiger partial charge is 0.407 e. The number of para-hydroxylation sites is 1. The van der Waals surface area contributed by atoms with Gasteiger partial charge < -0.3 is 15.0 Å². The summed E-state index contributed by atoms with van der Waals surface area (Å²) in [7, 11) is 0. The van der Waals surface area contributed by atoms with Crippen LogP contribution < -0.4 is 10.2 Å². The summed E-state index contributed by atoms with van der Waals surface area (Å²) < 4.78 is 5.19. The number of amides is 1. The van der Waals surface area contributed by atoms with Gasteiger partial charge in [-0.3, -0.25) is 0 Å². The predicted molar refractivity (Wildman–Crippen MR) is 78.6 cm³/mol. The van der Waals surface area contributed by atoms with Gasteiger partial charge in [0.1, 0.15) is 5.60 Å². The standard InChI is InChI=1S/C15H24N2O2/c1-5-17(13-9-7-6-8-10-13)12-11-16-14(18)19-15(2,3)4/h6-10H,5,11-12H2,1-4H3,(H,16,18). The molecule has 1 amide bonds. The van der Waals surface area contributed by atoms with Gasteiger partial charge in [0, 0.05) is 25.3 Å². The van der Waals surface area contributed by atoms with Crippen LogP contribution >= 0.6 is 0 Å². The van der Waals surface area contributed by atoms with Crippen LogP contribution in [0, 0.1) is 0 Å². The van der Waals surface area contributed by atoms with Gasteiger partial charge in [-0.05, 0) is 39.8 Å². The fourth-order valence-electron chi connectivity index (χ4n) is 1.72. The van der Waals surface area contributed by atoms with Gasteiger partial charge in [0.25, 0.3) is 0 Å². The van der Waals surface area contributed by atoms with E-state index in [1.165, 1.54) is 0 Å². The van der Waals surface area contributed by atoms with E-state index >= 15 is 0 Å². The van der Waals surface area contributed by atoms with Gasteiger partial charge in [0.05, 0.1) is 0 Å². The van der Waals surface area contributed by atoms with Crippen molar-refractivity contribution in [2.75, 3.05) is 24.5 Å². The summed E-state index contributed by atoms with van der Waals surface area (Å²) in [4.78, 5) is 13.7. The van der Waals surface area contributed by atoms with Crippen molar-refractivity contribution in [2.24, 2.45) is 0 Å². The summed E-state index contributed by atoms with van der Waals surface area (Å²) in [5.74, 6) is 0. The molecule has 1 rings (SSSR count). The molecule has 1 aromatic rings. The molecule has 0 fully saturated rings. The Bertz CT molecular complexity index is 385. The van der Waals surface area contributed by atoms with Gasteiger partial charge in [-0.1, -0.05) is 18.2 Å². The zero-order valence-corrected chi connectivity index (χ0v) is 12.3. The highest BCUT2D eigenvalue weighted by Crippen LogP contribution is 2.12. The summed E-state index contributed by atoms with van der Waals surface area (Å²) >= 11 is 0. The Morgan fingerprint density at radius 2 is 1.89 bits per heavy atom. The van der Waals surface area contributed by atoms with E-state index < -0.39 is 5.60 Å². The van der Waals surface area contributed by atoms with Gasteiger partial charge in [0.2, 0.25) is 0 Å². The summed E-state index contributed by atoms with van der Waals surface area (Å²) in [6.07, 6.45) is -0.364. The Kier molecular flexibility index (Phi) is 5.67. The Morgan fingerprint density at radius 1 is 1.26 bits per heavy atom. The fourth-order valence-corrected chi connectivity index (χ4v) is 1.72. The lowest BCUT2D eigenvalue weighted by Crippen LogP contribution is -2.38. The first-order valence-electron chi connectivity index (χ1n) is 6.69. The zero-order chi connectivity index (χ0) is 14.3. The molecule has 1 aromatic carbocycles. The highest BCUT2D eigenvalue weighted by Gasteiger charge is 2.15. The fraction of sp³-hybridized carbons (Fsp3) is 0.533. The maximum Gasteiger partial charge on any atom is 0.407 e. The Balaban J connectivity index is 2.37. The second kappa shape index (κ2) is 7.02. The molecule has 0 bridgehead atoms. The molecule has 0 unspecified atom stereocenters. The molecule has 0 aromatic heterocycles. The molecular weight excluding hydrogens is 240 g/mol. The Morgan fingerprint density at radius 3 is 2.42 bits per heavy atom. The van der Waals surface area contributed by atoms with Crippen LogP contribution in [-0.2, 0) is 4.74 Å². The van der Waals surface area contributed by atoms with E-state index in [9.17, 15) is 4.79 Å². The zero-order valence-electron chi connectivity index (χ0n) is 12.3. The first-order chi connectivity index (χ1) is 8.92. The maximum atomic E-state index is 11.5. The number of hydrogen-bond acceptors (Lipinski definition) is 3. The van der Waals surface area contributed by atoms with Crippen molar-refractivity contribution in [1.82, 2.24) is 5.32 Å². The van der Waals surface area contributed by atoms with Gasteiger partial charge in [-0.25, -0.2) is 4.79 Å².